The van der Waals surface area contributed by atoms with Gasteiger partial charge in [-0.15, -0.1) is 11.3 Å². The smallest absolute Gasteiger partial charge is 0.435 e. The van der Waals surface area contributed by atoms with Crippen molar-refractivity contribution in [1.29, 1.82) is 0 Å². The molecule has 2 aromatic heterocycles. The fourth-order valence-electron chi connectivity index (χ4n) is 2.71. The Morgan fingerprint density at radius 2 is 1.81 bits per heavy atom. The highest BCUT2D eigenvalue weighted by atomic mass is 32.1. The molecule has 2 aromatic carbocycles. The highest BCUT2D eigenvalue weighted by Gasteiger charge is 2.35. The minimum atomic E-state index is -4.53. The number of rotatable bonds is 3. The standard InChI is InChI=1S/C19H14F3N3OS/c1-11-8-13(26-16-10-15(19(20,21)22)24-25(16)2)17-14(9-11)27-18(23-17)12-6-4-3-5-7-12/h3-10H,1-2H3. The molecule has 0 radical (unpaired) electrons. The Morgan fingerprint density at radius 1 is 1.07 bits per heavy atom. The lowest BCUT2D eigenvalue weighted by molar-refractivity contribution is -0.141. The summed E-state index contributed by atoms with van der Waals surface area (Å²) in [5, 5.41) is 4.30. The van der Waals surface area contributed by atoms with Crippen LogP contribution in [0, 0.1) is 6.92 Å². The van der Waals surface area contributed by atoms with E-state index in [4.69, 9.17) is 4.74 Å². The molecule has 0 amide bonds. The fourth-order valence-corrected chi connectivity index (χ4v) is 3.80. The van der Waals surface area contributed by atoms with E-state index in [1.54, 1.807) is 6.07 Å². The van der Waals surface area contributed by atoms with Gasteiger partial charge in [-0.2, -0.15) is 18.3 Å². The predicted molar refractivity (Wildman–Crippen MR) is 98.1 cm³/mol. The largest absolute Gasteiger partial charge is 0.437 e. The van der Waals surface area contributed by atoms with Gasteiger partial charge in [0.2, 0.25) is 5.88 Å². The molecule has 0 bridgehead atoms. The zero-order valence-electron chi connectivity index (χ0n) is 14.4. The van der Waals surface area contributed by atoms with Gasteiger partial charge in [0.15, 0.2) is 11.4 Å². The molecule has 0 atom stereocenters. The number of benzene rings is 2. The van der Waals surface area contributed by atoms with Crippen molar-refractivity contribution in [1.82, 2.24) is 14.8 Å². The van der Waals surface area contributed by atoms with Crippen LogP contribution in [0.4, 0.5) is 13.2 Å². The number of thiazole rings is 1. The van der Waals surface area contributed by atoms with E-state index in [-0.39, 0.29) is 5.88 Å². The summed E-state index contributed by atoms with van der Waals surface area (Å²) in [6.45, 7) is 1.90. The number of hydrogen-bond acceptors (Lipinski definition) is 4. The monoisotopic (exact) mass is 389 g/mol. The molecule has 0 aliphatic heterocycles. The van der Waals surface area contributed by atoms with Crippen LogP contribution >= 0.6 is 11.3 Å². The second-order valence-corrected chi connectivity index (χ2v) is 7.12. The number of alkyl halides is 3. The molecular formula is C19H14F3N3OS. The van der Waals surface area contributed by atoms with Gasteiger partial charge in [-0.25, -0.2) is 9.67 Å². The second kappa shape index (κ2) is 6.38. The predicted octanol–water partition coefficient (Wildman–Crippen LogP) is 5.82. The van der Waals surface area contributed by atoms with Crippen molar-refractivity contribution in [2.75, 3.05) is 0 Å². The second-order valence-electron chi connectivity index (χ2n) is 6.09. The number of nitrogens with zero attached hydrogens (tertiary/aromatic N) is 3. The van der Waals surface area contributed by atoms with E-state index in [0.717, 1.165) is 31.6 Å². The topological polar surface area (TPSA) is 39.9 Å². The summed E-state index contributed by atoms with van der Waals surface area (Å²) >= 11 is 1.51. The molecule has 0 fully saturated rings. The van der Waals surface area contributed by atoms with E-state index in [1.165, 1.54) is 18.4 Å². The molecule has 8 heteroatoms. The maximum absolute atomic E-state index is 12.9. The number of fused-ring (bicyclic) bond motifs is 1. The van der Waals surface area contributed by atoms with E-state index < -0.39 is 11.9 Å². The lowest BCUT2D eigenvalue weighted by Gasteiger charge is -2.07. The highest BCUT2D eigenvalue weighted by Crippen LogP contribution is 2.38. The van der Waals surface area contributed by atoms with Gasteiger partial charge in [-0.05, 0) is 24.6 Å². The first-order chi connectivity index (χ1) is 12.8. The van der Waals surface area contributed by atoms with Crippen molar-refractivity contribution in [3.8, 4) is 22.2 Å². The number of aromatic nitrogens is 3. The van der Waals surface area contributed by atoms with Crippen LogP contribution in [0.1, 0.15) is 11.3 Å². The average Bonchev–Trinajstić information content (AvgIpc) is 3.19. The lowest BCUT2D eigenvalue weighted by Crippen LogP contribution is -2.06. The lowest BCUT2D eigenvalue weighted by atomic mass is 10.2. The van der Waals surface area contributed by atoms with Crippen molar-refractivity contribution in [3.63, 3.8) is 0 Å². The summed E-state index contributed by atoms with van der Waals surface area (Å²) in [6.07, 6.45) is -4.53. The van der Waals surface area contributed by atoms with Gasteiger partial charge in [0.25, 0.3) is 0 Å². The molecule has 4 rings (SSSR count). The van der Waals surface area contributed by atoms with Gasteiger partial charge in [-0.1, -0.05) is 30.3 Å². The molecule has 0 spiro atoms. The molecule has 138 valence electrons. The molecule has 0 aliphatic rings. The average molecular weight is 389 g/mol. The van der Waals surface area contributed by atoms with Crippen LogP contribution in [-0.2, 0) is 13.2 Å². The number of hydrogen-bond donors (Lipinski definition) is 0. The van der Waals surface area contributed by atoms with Gasteiger partial charge in [-0.3, -0.25) is 0 Å². The SMILES string of the molecule is Cc1cc(Oc2cc(C(F)(F)F)nn2C)c2nc(-c3ccccc3)sc2c1. The van der Waals surface area contributed by atoms with Gasteiger partial charge in [0.1, 0.15) is 10.5 Å². The number of halogens is 3. The summed E-state index contributed by atoms with van der Waals surface area (Å²) < 4.78 is 46.4. The third-order valence-electron chi connectivity index (χ3n) is 3.97. The van der Waals surface area contributed by atoms with Crippen LogP contribution in [0.2, 0.25) is 0 Å². The first-order valence-electron chi connectivity index (χ1n) is 8.07. The van der Waals surface area contributed by atoms with Crippen molar-refractivity contribution < 1.29 is 17.9 Å². The highest BCUT2D eigenvalue weighted by molar-refractivity contribution is 7.21. The molecule has 0 N–H and O–H groups in total. The molecular weight excluding hydrogens is 375 g/mol. The van der Waals surface area contributed by atoms with Gasteiger partial charge in [0, 0.05) is 18.7 Å². The van der Waals surface area contributed by atoms with Crippen LogP contribution in [0.15, 0.2) is 48.5 Å². The van der Waals surface area contributed by atoms with Crippen molar-refractivity contribution >= 4 is 21.6 Å². The van der Waals surface area contributed by atoms with E-state index in [0.29, 0.717) is 11.3 Å². The molecule has 4 nitrogen and oxygen atoms in total. The third-order valence-corrected chi connectivity index (χ3v) is 5.02. The summed E-state index contributed by atoms with van der Waals surface area (Å²) in [4.78, 5) is 4.65. The van der Waals surface area contributed by atoms with E-state index in [1.807, 2.05) is 43.3 Å². The van der Waals surface area contributed by atoms with Crippen molar-refractivity contribution in [3.05, 3.63) is 59.8 Å². The van der Waals surface area contributed by atoms with E-state index in [2.05, 4.69) is 10.1 Å². The first-order valence-corrected chi connectivity index (χ1v) is 8.88. The summed E-state index contributed by atoms with van der Waals surface area (Å²) in [5.74, 6) is 0.406. The third kappa shape index (κ3) is 3.40. The minimum absolute atomic E-state index is 0.00323. The Kier molecular flexibility index (Phi) is 4.15. The molecule has 2 heterocycles. The van der Waals surface area contributed by atoms with Gasteiger partial charge < -0.3 is 4.74 Å². The molecule has 0 unspecified atom stereocenters. The maximum Gasteiger partial charge on any atom is 0.435 e. The van der Waals surface area contributed by atoms with E-state index in [9.17, 15) is 13.2 Å². The van der Waals surface area contributed by atoms with Crippen LogP contribution in [0.5, 0.6) is 11.6 Å². The van der Waals surface area contributed by atoms with Crippen molar-refractivity contribution in [2.45, 2.75) is 13.1 Å². The first kappa shape index (κ1) is 17.5. The maximum atomic E-state index is 12.9. The van der Waals surface area contributed by atoms with Gasteiger partial charge in [0.05, 0.1) is 4.70 Å². The normalized spacial score (nSPS) is 11.9. The Balaban J connectivity index is 1.78. The molecule has 27 heavy (non-hydrogen) atoms. The summed E-state index contributed by atoms with van der Waals surface area (Å²) in [5.41, 5.74) is 1.52. The van der Waals surface area contributed by atoms with Crippen LogP contribution < -0.4 is 4.74 Å². The zero-order valence-corrected chi connectivity index (χ0v) is 15.2. The van der Waals surface area contributed by atoms with Crippen LogP contribution in [0.25, 0.3) is 20.8 Å². The number of aryl methyl sites for hydroxylation is 2. The van der Waals surface area contributed by atoms with Gasteiger partial charge >= 0.3 is 6.18 Å². The molecule has 0 saturated carbocycles. The molecule has 0 saturated heterocycles. The number of ether oxygens (including phenoxy) is 1. The quantitative estimate of drug-likeness (QED) is 0.443. The fraction of sp³-hybridized carbons (Fsp3) is 0.158. The Morgan fingerprint density at radius 3 is 2.48 bits per heavy atom. The van der Waals surface area contributed by atoms with Crippen LogP contribution in [-0.4, -0.2) is 14.8 Å². The summed E-state index contributed by atoms with van der Waals surface area (Å²) in [6, 6.07) is 14.3. The Labute approximate surface area is 156 Å². The molecule has 0 aliphatic carbocycles. The Bertz CT molecular complexity index is 1120. The minimum Gasteiger partial charge on any atom is -0.437 e. The van der Waals surface area contributed by atoms with Crippen LogP contribution in [0.3, 0.4) is 0 Å². The zero-order chi connectivity index (χ0) is 19.2. The van der Waals surface area contributed by atoms with E-state index >= 15 is 0 Å². The van der Waals surface area contributed by atoms with Crippen molar-refractivity contribution in [2.24, 2.45) is 7.05 Å². The summed E-state index contributed by atoms with van der Waals surface area (Å²) in [7, 11) is 1.41. The Hall–Kier alpha value is -2.87. The molecule has 4 aromatic rings.